The second-order valence-corrected chi connectivity index (χ2v) is 3.08. The molecular weight excluding hydrogens is 236 g/mol. The summed E-state index contributed by atoms with van der Waals surface area (Å²) < 4.78 is 0. The molecule has 0 aromatic heterocycles. The number of nitriles is 1. The zero-order chi connectivity index (χ0) is 12.3. The molecule has 0 saturated heterocycles. The van der Waals surface area contributed by atoms with Crippen LogP contribution in [0.4, 0.5) is 5.69 Å². The minimum absolute atomic E-state index is 0.0989. The van der Waals surface area contributed by atoms with E-state index in [9.17, 15) is 20.0 Å². The van der Waals surface area contributed by atoms with E-state index < -0.39 is 27.7 Å². The number of carbonyl (C=O) groups is 1. The van der Waals surface area contributed by atoms with Crippen LogP contribution in [0.3, 0.4) is 0 Å². The molecule has 0 atom stereocenters. The quantitative estimate of drug-likeness (QED) is 0.374. The Morgan fingerprint density at radius 3 is 2.69 bits per heavy atom. The maximum Gasteiger partial charge on any atom is 0.291 e. The number of benzene rings is 1. The first-order valence-electron chi connectivity index (χ1n) is 4.02. The number of aromatic hydroxyl groups is 1. The van der Waals surface area contributed by atoms with Crippen molar-refractivity contribution in [2.24, 2.45) is 0 Å². The van der Waals surface area contributed by atoms with Gasteiger partial charge in [-0.3, -0.25) is 14.9 Å². The summed E-state index contributed by atoms with van der Waals surface area (Å²) in [6, 6.07) is 3.40. The Hall–Kier alpha value is -2.13. The van der Waals surface area contributed by atoms with Gasteiger partial charge < -0.3 is 5.11 Å². The Labute approximate surface area is 94.8 Å². The average molecular weight is 241 g/mol. The molecule has 7 heteroatoms. The molecule has 82 valence electrons. The molecule has 0 saturated carbocycles. The fourth-order valence-electron chi connectivity index (χ4n) is 1.11. The normalized spacial score (nSPS) is 9.50. The third kappa shape index (κ3) is 2.10. The van der Waals surface area contributed by atoms with E-state index in [-0.39, 0.29) is 11.4 Å². The maximum atomic E-state index is 11.2. The number of Topliss-reactive ketones (excluding diaryl/α,β-unsaturated/α-hetero) is 1. The van der Waals surface area contributed by atoms with Crippen molar-refractivity contribution in [3.05, 3.63) is 33.4 Å². The fourth-order valence-corrected chi connectivity index (χ4v) is 1.26. The van der Waals surface area contributed by atoms with Crippen molar-refractivity contribution >= 4 is 23.1 Å². The van der Waals surface area contributed by atoms with Crippen LogP contribution in [0.5, 0.6) is 5.75 Å². The van der Waals surface area contributed by atoms with Crippen LogP contribution in [0.1, 0.15) is 15.9 Å². The number of ketones is 1. The van der Waals surface area contributed by atoms with Gasteiger partial charge >= 0.3 is 0 Å². The van der Waals surface area contributed by atoms with Gasteiger partial charge in [0.25, 0.3) is 5.69 Å². The van der Waals surface area contributed by atoms with Crippen LogP contribution in [0.2, 0.25) is 0 Å². The second kappa shape index (κ2) is 4.59. The number of alkyl halides is 1. The van der Waals surface area contributed by atoms with Gasteiger partial charge in [-0.25, -0.2) is 0 Å². The highest BCUT2D eigenvalue weighted by molar-refractivity contribution is 6.30. The zero-order valence-electron chi connectivity index (χ0n) is 7.81. The minimum atomic E-state index is -0.844. The average Bonchev–Trinajstić information content (AvgIpc) is 2.26. The van der Waals surface area contributed by atoms with Gasteiger partial charge in [0.15, 0.2) is 11.3 Å². The van der Waals surface area contributed by atoms with Crippen molar-refractivity contribution < 1.29 is 14.8 Å². The molecule has 6 nitrogen and oxygen atoms in total. The van der Waals surface area contributed by atoms with E-state index in [0.717, 1.165) is 12.1 Å². The molecule has 0 aliphatic heterocycles. The molecule has 0 aliphatic rings. The van der Waals surface area contributed by atoms with Crippen LogP contribution >= 0.6 is 11.6 Å². The summed E-state index contributed by atoms with van der Waals surface area (Å²) in [6.07, 6.45) is 0. The predicted molar refractivity (Wildman–Crippen MR) is 54.5 cm³/mol. The summed E-state index contributed by atoms with van der Waals surface area (Å²) in [7, 11) is 0. The molecule has 0 fully saturated rings. The largest absolute Gasteiger partial charge is 0.506 e. The van der Waals surface area contributed by atoms with Gasteiger partial charge in [0, 0.05) is 11.6 Å². The van der Waals surface area contributed by atoms with E-state index in [0.29, 0.717) is 0 Å². The molecule has 0 aliphatic carbocycles. The molecular formula is C9H5ClN2O4. The van der Waals surface area contributed by atoms with E-state index in [4.69, 9.17) is 16.9 Å². The Kier molecular flexibility index (Phi) is 3.43. The van der Waals surface area contributed by atoms with Crippen molar-refractivity contribution in [2.75, 3.05) is 5.88 Å². The monoisotopic (exact) mass is 240 g/mol. The van der Waals surface area contributed by atoms with Gasteiger partial charge in [-0.2, -0.15) is 5.26 Å². The van der Waals surface area contributed by atoms with Gasteiger partial charge in [0.1, 0.15) is 11.8 Å². The number of rotatable bonds is 3. The van der Waals surface area contributed by atoms with Crippen LogP contribution in [0.25, 0.3) is 0 Å². The van der Waals surface area contributed by atoms with Crippen LogP contribution in [0, 0.1) is 21.4 Å². The third-order valence-electron chi connectivity index (χ3n) is 1.85. The molecule has 1 rings (SSSR count). The lowest BCUT2D eigenvalue weighted by Crippen LogP contribution is -2.03. The van der Waals surface area contributed by atoms with Crippen LogP contribution in [-0.2, 0) is 0 Å². The molecule has 1 aromatic carbocycles. The highest BCUT2D eigenvalue weighted by Crippen LogP contribution is 2.28. The number of nitrogens with zero attached hydrogens (tertiary/aromatic N) is 2. The van der Waals surface area contributed by atoms with Gasteiger partial charge in [-0.1, -0.05) is 0 Å². The van der Waals surface area contributed by atoms with Crippen LogP contribution < -0.4 is 0 Å². The molecule has 16 heavy (non-hydrogen) atoms. The predicted octanol–water partition coefficient (Wildman–Crippen LogP) is 1.59. The lowest BCUT2D eigenvalue weighted by Gasteiger charge is -2.01. The second-order valence-electron chi connectivity index (χ2n) is 2.82. The number of phenols is 1. The van der Waals surface area contributed by atoms with Gasteiger partial charge in [-0.05, 0) is 6.07 Å². The number of phenolic OH excluding ortho intramolecular Hbond substituents is 1. The molecule has 0 bridgehead atoms. The smallest absolute Gasteiger partial charge is 0.291 e. The SMILES string of the molecule is N#Cc1c(O)cc(C(=O)CCl)cc1[N+](=O)[O-]. The van der Waals surface area contributed by atoms with Gasteiger partial charge in [0.2, 0.25) is 0 Å². The third-order valence-corrected chi connectivity index (χ3v) is 2.09. The van der Waals surface area contributed by atoms with Crippen molar-refractivity contribution in [1.82, 2.24) is 0 Å². The first-order valence-corrected chi connectivity index (χ1v) is 4.55. The van der Waals surface area contributed by atoms with E-state index in [2.05, 4.69) is 0 Å². The summed E-state index contributed by atoms with van der Waals surface area (Å²) in [5.41, 5.74) is -1.19. The molecule has 0 amide bonds. The van der Waals surface area contributed by atoms with E-state index in [1.54, 1.807) is 0 Å². The number of hydrogen-bond donors (Lipinski definition) is 1. The molecule has 1 aromatic rings. The number of nitro benzene ring substituents is 1. The number of hydrogen-bond acceptors (Lipinski definition) is 5. The van der Waals surface area contributed by atoms with Gasteiger partial charge in [0.05, 0.1) is 10.8 Å². The zero-order valence-corrected chi connectivity index (χ0v) is 8.56. The first kappa shape index (κ1) is 11.9. The molecule has 0 radical (unpaired) electrons. The fraction of sp³-hybridized carbons (Fsp3) is 0.111. The Bertz CT molecular complexity index is 507. The van der Waals surface area contributed by atoms with Crippen LogP contribution in [-0.4, -0.2) is 21.7 Å². The van der Waals surface area contributed by atoms with E-state index in [1.165, 1.54) is 6.07 Å². The molecule has 1 N–H and O–H groups in total. The summed E-state index contributed by atoms with van der Waals surface area (Å²) in [5.74, 6) is -1.53. The topological polar surface area (TPSA) is 104 Å². The highest BCUT2D eigenvalue weighted by Gasteiger charge is 2.21. The summed E-state index contributed by atoms with van der Waals surface area (Å²) >= 11 is 5.28. The minimum Gasteiger partial charge on any atom is -0.506 e. The highest BCUT2D eigenvalue weighted by atomic mass is 35.5. The molecule has 0 unspecified atom stereocenters. The molecule has 0 spiro atoms. The number of carbonyl (C=O) groups excluding carboxylic acids is 1. The van der Waals surface area contributed by atoms with Crippen molar-refractivity contribution in [2.45, 2.75) is 0 Å². The Balaban J connectivity index is 3.47. The summed E-state index contributed by atoms with van der Waals surface area (Å²) in [5, 5.41) is 28.5. The first-order chi connectivity index (χ1) is 7.51. The summed E-state index contributed by atoms with van der Waals surface area (Å²) in [4.78, 5) is 20.9. The molecule has 0 heterocycles. The van der Waals surface area contributed by atoms with Crippen molar-refractivity contribution in [1.29, 1.82) is 5.26 Å². The Morgan fingerprint density at radius 2 is 2.25 bits per heavy atom. The number of nitro groups is 1. The maximum absolute atomic E-state index is 11.2. The lowest BCUT2D eigenvalue weighted by atomic mass is 10.1. The van der Waals surface area contributed by atoms with Crippen molar-refractivity contribution in [3.8, 4) is 11.8 Å². The van der Waals surface area contributed by atoms with Crippen LogP contribution in [0.15, 0.2) is 12.1 Å². The van der Waals surface area contributed by atoms with Crippen molar-refractivity contribution in [3.63, 3.8) is 0 Å². The van der Waals surface area contributed by atoms with E-state index >= 15 is 0 Å². The number of halogens is 1. The Morgan fingerprint density at radius 1 is 1.62 bits per heavy atom. The summed E-state index contributed by atoms with van der Waals surface area (Å²) in [6.45, 7) is 0. The standard InChI is InChI=1S/C9H5ClN2O4/c10-3-9(14)5-1-7(12(15)16)6(4-11)8(13)2-5/h1-2,13H,3H2. The lowest BCUT2D eigenvalue weighted by molar-refractivity contribution is -0.385. The van der Waals surface area contributed by atoms with E-state index in [1.807, 2.05) is 0 Å². The van der Waals surface area contributed by atoms with Gasteiger partial charge in [-0.15, -0.1) is 11.6 Å².